The normalized spacial score (nSPS) is 10.7. The third-order valence-electron chi connectivity index (χ3n) is 3.77. The van der Waals surface area contributed by atoms with Crippen LogP contribution in [0.2, 0.25) is 5.02 Å². The molecule has 0 radical (unpaired) electrons. The lowest BCUT2D eigenvalue weighted by Gasteiger charge is -2.06. The first-order chi connectivity index (χ1) is 13.6. The summed E-state index contributed by atoms with van der Waals surface area (Å²) in [5, 5.41) is 4.49. The molecule has 1 amide bonds. The number of hydrogen-bond acceptors (Lipinski definition) is 6. The highest BCUT2D eigenvalue weighted by Gasteiger charge is 2.11. The molecule has 142 valence electrons. The maximum absolute atomic E-state index is 12.3. The minimum Gasteiger partial charge on any atom is -0.497 e. The van der Waals surface area contributed by atoms with Crippen molar-refractivity contribution in [1.82, 2.24) is 15.4 Å². The summed E-state index contributed by atoms with van der Waals surface area (Å²) in [7, 11) is 3.12. The van der Waals surface area contributed by atoms with E-state index in [0.29, 0.717) is 33.3 Å². The fourth-order valence-electron chi connectivity index (χ4n) is 2.40. The first kappa shape index (κ1) is 19.3. The number of hydrogen-bond donors (Lipinski definition) is 1. The third-order valence-corrected chi connectivity index (χ3v) is 4.10. The number of nitrogens with zero attached hydrogens (tertiary/aromatic N) is 3. The molecule has 0 aliphatic carbocycles. The predicted octanol–water partition coefficient (Wildman–Crippen LogP) is 3.58. The fourth-order valence-corrected chi connectivity index (χ4v) is 2.63. The first-order valence-electron chi connectivity index (χ1n) is 8.24. The van der Waals surface area contributed by atoms with E-state index in [9.17, 15) is 4.79 Å². The summed E-state index contributed by atoms with van der Waals surface area (Å²) in [6, 6.07) is 12.5. The molecular formula is C20H17ClN4O3. The van der Waals surface area contributed by atoms with Crippen LogP contribution in [0.15, 0.2) is 60.0 Å². The van der Waals surface area contributed by atoms with Gasteiger partial charge in [0.2, 0.25) is 0 Å². The van der Waals surface area contributed by atoms with Crippen LogP contribution in [0.25, 0.3) is 11.3 Å². The molecule has 3 rings (SSSR count). The van der Waals surface area contributed by atoms with Crippen molar-refractivity contribution >= 4 is 23.7 Å². The van der Waals surface area contributed by atoms with Crippen LogP contribution >= 0.6 is 11.6 Å². The number of carbonyl (C=O) groups excluding carboxylic acids is 1. The minimum absolute atomic E-state index is 0.123. The summed E-state index contributed by atoms with van der Waals surface area (Å²) in [6.45, 7) is 0. The van der Waals surface area contributed by atoms with E-state index in [1.165, 1.54) is 12.4 Å². The van der Waals surface area contributed by atoms with Gasteiger partial charge in [0.05, 0.1) is 43.5 Å². The van der Waals surface area contributed by atoms with E-state index in [1.54, 1.807) is 44.7 Å². The molecule has 0 saturated carbocycles. The van der Waals surface area contributed by atoms with Crippen LogP contribution in [0.5, 0.6) is 11.5 Å². The molecule has 28 heavy (non-hydrogen) atoms. The maximum Gasteiger partial charge on any atom is 0.291 e. The van der Waals surface area contributed by atoms with Gasteiger partial charge in [0.25, 0.3) is 5.91 Å². The SMILES string of the molecule is COc1cc(/C=N/NC(=O)c2cncc(-c3ccccc3Cl)n2)cc(OC)c1. The number of ether oxygens (including phenoxy) is 2. The van der Waals surface area contributed by atoms with Crippen molar-refractivity contribution in [1.29, 1.82) is 0 Å². The van der Waals surface area contributed by atoms with Gasteiger partial charge >= 0.3 is 0 Å². The van der Waals surface area contributed by atoms with Crippen LogP contribution in [0.1, 0.15) is 16.1 Å². The molecule has 0 unspecified atom stereocenters. The topological polar surface area (TPSA) is 85.7 Å². The lowest BCUT2D eigenvalue weighted by Crippen LogP contribution is -2.19. The van der Waals surface area contributed by atoms with Crippen LogP contribution in [0.4, 0.5) is 0 Å². The number of carbonyl (C=O) groups is 1. The van der Waals surface area contributed by atoms with Crippen molar-refractivity contribution < 1.29 is 14.3 Å². The van der Waals surface area contributed by atoms with Gasteiger partial charge in [-0.25, -0.2) is 10.4 Å². The van der Waals surface area contributed by atoms with Crippen molar-refractivity contribution in [2.75, 3.05) is 14.2 Å². The zero-order chi connectivity index (χ0) is 19.9. The van der Waals surface area contributed by atoms with Crippen LogP contribution in [0.3, 0.4) is 0 Å². The number of halogens is 1. The van der Waals surface area contributed by atoms with E-state index >= 15 is 0 Å². The summed E-state index contributed by atoms with van der Waals surface area (Å²) in [4.78, 5) is 20.7. The van der Waals surface area contributed by atoms with Gasteiger partial charge in [-0.2, -0.15) is 5.10 Å². The van der Waals surface area contributed by atoms with Crippen LogP contribution < -0.4 is 14.9 Å². The summed E-state index contributed by atoms with van der Waals surface area (Å²) >= 11 is 6.18. The van der Waals surface area contributed by atoms with Gasteiger partial charge in [0.15, 0.2) is 0 Å². The van der Waals surface area contributed by atoms with Gasteiger partial charge in [0, 0.05) is 17.2 Å². The van der Waals surface area contributed by atoms with Gasteiger partial charge in [-0.15, -0.1) is 0 Å². The molecular weight excluding hydrogens is 380 g/mol. The van der Waals surface area contributed by atoms with Crippen LogP contribution in [0, 0.1) is 0 Å². The lowest BCUT2D eigenvalue weighted by molar-refractivity contribution is 0.0950. The highest BCUT2D eigenvalue weighted by Crippen LogP contribution is 2.25. The summed E-state index contributed by atoms with van der Waals surface area (Å²) in [5.74, 6) is 0.739. The highest BCUT2D eigenvalue weighted by molar-refractivity contribution is 6.33. The molecule has 0 bridgehead atoms. The predicted molar refractivity (Wildman–Crippen MR) is 107 cm³/mol. The van der Waals surface area contributed by atoms with Gasteiger partial charge in [0.1, 0.15) is 17.2 Å². The van der Waals surface area contributed by atoms with E-state index in [1.807, 2.05) is 18.2 Å². The largest absolute Gasteiger partial charge is 0.497 e. The Morgan fingerprint density at radius 3 is 2.50 bits per heavy atom. The number of benzene rings is 2. The van der Waals surface area contributed by atoms with Crippen molar-refractivity contribution in [2.45, 2.75) is 0 Å². The van der Waals surface area contributed by atoms with E-state index in [4.69, 9.17) is 21.1 Å². The standard InChI is InChI=1S/C20H17ClN4O3/c1-27-14-7-13(8-15(9-14)28-2)10-23-25-20(26)19-12-22-11-18(24-19)16-5-3-4-6-17(16)21/h3-12H,1-2H3,(H,25,26)/b23-10+. The van der Waals surface area contributed by atoms with Crippen molar-refractivity contribution in [3.05, 3.63) is 71.1 Å². The minimum atomic E-state index is -0.493. The fraction of sp³-hybridized carbons (Fsp3) is 0.100. The number of aromatic nitrogens is 2. The Bertz CT molecular complexity index is 1000. The van der Waals surface area contributed by atoms with Crippen molar-refractivity contribution in [3.63, 3.8) is 0 Å². The van der Waals surface area contributed by atoms with Crippen molar-refractivity contribution in [2.24, 2.45) is 5.10 Å². The van der Waals surface area contributed by atoms with Gasteiger partial charge in [-0.1, -0.05) is 29.8 Å². The molecule has 0 fully saturated rings. The molecule has 3 aromatic rings. The van der Waals surface area contributed by atoms with Gasteiger partial charge in [-0.05, 0) is 18.2 Å². The van der Waals surface area contributed by atoms with E-state index in [-0.39, 0.29) is 5.69 Å². The average Bonchev–Trinajstić information content (AvgIpc) is 2.73. The molecule has 0 spiro atoms. The Morgan fingerprint density at radius 1 is 1.11 bits per heavy atom. The molecule has 1 aromatic heterocycles. The summed E-state index contributed by atoms with van der Waals surface area (Å²) < 4.78 is 10.4. The molecule has 0 aliphatic rings. The lowest BCUT2D eigenvalue weighted by atomic mass is 10.1. The quantitative estimate of drug-likeness (QED) is 0.508. The third kappa shape index (κ3) is 4.63. The number of hydrazone groups is 1. The Balaban J connectivity index is 1.75. The summed E-state index contributed by atoms with van der Waals surface area (Å²) in [5.41, 5.74) is 4.45. The van der Waals surface area contributed by atoms with Gasteiger partial charge < -0.3 is 9.47 Å². The van der Waals surface area contributed by atoms with Crippen molar-refractivity contribution in [3.8, 4) is 22.8 Å². The van der Waals surface area contributed by atoms with Crippen LogP contribution in [-0.4, -0.2) is 36.3 Å². The van der Waals surface area contributed by atoms with Crippen LogP contribution in [-0.2, 0) is 0 Å². The maximum atomic E-state index is 12.3. The number of rotatable bonds is 6. The molecule has 8 heteroatoms. The molecule has 0 atom stereocenters. The molecule has 0 saturated heterocycles. The molecule has 1 N–H and O–H groups in total. The number of nitrogens with one attached hydrogen (secondary N) is 1. The highest BCUT2D eigenvalue weighted by atomic mass is 35.5. The first-order valence-corrected chi connectivity index (χ1v) is 8.62. The monoisotopic (exact) mass is 396 g/mol. The number of methoxy groups -OCH3 is 2. The molecule has 2 aromatic carbocycles. The van der Waals surface area contributed by atoms with E-state index < -0.39 is 5.91 Å². The zero-order valence-corrected chi connectivity index (χ0v) is 16.0. The second-order valence-electron chi connectivity index (χ2n) is 5.61. The zero-order valence-electron chi connectivity index (χ0n) is 15.2. The number of amides is 1. The molecule has 0 aliphatic heterocycles. The Hall–Kier alpha value is -3.45. The Morgan fingerprint density at radius 2 is 1.82 bits per heavy atom. The average molecular weight is 397 g/mol. The second kappa shape index (κ2) is 8.96. The Labute approximate surface area is 167 Å². The Kier molecular flexibility index (Phi) is 6.18. The van der Waals surface area contributed by atoms with Gasteiger partial charge in [-0.3, -0.25) is 9.78 Å². The van der Waals surface area contributed by atoms with E-state index in [0.717, 1.165) is 0 Å². The molecule has 1 heterocycles. The molecule has 7 nitrogen and oxygen atoms in total. The second-order valence-corrected chi connectivity index (χ2v) is 6.02. The smallest absolute Gasteiger partial charge is 0.291 e. The summed E-state index contributed by atoms with van der Waals surface area (Å²) in [6.07, 6.45) is 4.39. The van der Waals surface area contributed by atoms with E-state index in [2.05, 4.69) is 20.5 Å².